The zero-order chi connectivity index (χ0) is 8.97. The molecule has 0 aliphatic carbocycles. The number of hydrogen-bond donors (Lipinski definition) is 1. The molecule has 1 rings (SSSR count). The van der Waals surface area contributed by atoms with Gasteiger partial charge in [-0.25, -0.2) is 0 Å². The number of rotatable bonds is 3. The summed E-state index contributed by atoms with van der Waals surface area (Å²) in [6.07, 6.45) is 0.372. The predicted octanol–water partition coefficient (Wildman–Crippen LogP) is 1.83. The molecule has 4 heteroatoms. The molecule has 0 saturated heterocycles. The molecule has 0 aliphatic rings. The Morgan fingerprint density at radius 1 is 1.46 bits per heavy atom. The van der Waals surface area contributed by atoms with Crippen LogP contribution in [0.3, 0.4) is 0 Å². The summed E-state index contributed by atoms with van der Waals surface area (Å²) in [6, 6.07) is 7.23. The molecule has 13 heavy (non-hydrogen) atoms. The van der Waals surface area contributed by atoms with Gasteiger partial charge in [0.1, 0.15) is 0 Å². The van der Waals surface area contributed by atoms with E-state index >= 15 is 0 Å². The number of Topliss-reactive ketones (excluding diaryl/α,β-unsaturated/α-hetero) is 1. The number of carbonyl (C=O) groups is 1. The van der Waals surface area contributed by atoms with Crippen molar-refractivity contribution >= 4 is 29.8 Å². The molecule has 0 aromatic heterocycles. The summed E-state index contributed by atoms with van der Waals surface area (Å²) in [7, 11) is 0. The average Bonchev–Trinajstić information content (AvgIpc) is 2.04. The lowest BCUT2D eigenvalue weighted by molar-refractivity contribution is -0.117. The molecule has 0 fully saturated rings. The summed E-state index contributed by atoms with van der Waals surface area (Å²) in [6.45, 7) is 0.0898. The van der Waals surface area contributed by atoms with Crippen molar-refractivity contribution in [3.05, 3.63) is 34.9 Å². The molecular formula is C9H11Cl2NO. The van der Waals surface area contributed by atoms with Gasteiger partial charge in [-0.15, -0.1) is 12.4 Å². The number of nitrogens with two attached hydrogens (primary N) is 1. The van der Waals surface area contributed by atoms with E-state index in [1.165, 1.54) is 0 Å². The van der Waals surface area contributed by atoms with Gasteiger partial charge in [0.15, 0.2) is 5.78 Å². The summed E-state index contributed by atoms with van der Waals surface area (Å²) >= 11 is 5.73. The van der Waals surface area contributed by atoms with E-state index < -0.39 is 0 Å². The van der Waals surface area contributed by atoms with Crippen molar-refractivity contribution in [3.8, 4) is 0 Å². The molecule has 0 bridgehead atoms. The highest BCUT2D eigenvalue weighted by Gasteiger charge is 2.00. The van der Waals surface area contributed by atoms with Gasteiger partial charge in [0, 0.05) is 11.4 Å². The number of hydrogen-bond acceptors (Lipinski definition) is 2. The van der Waals surface area contributed by atoms with Crippen LogP contribution in [0.1, 0.15) is 5.56 Å². The third-order valence-corrected chi connectivity index (χ3v) is 1.75. The Bertz CT molecular complexity index is 289. The quantitative estimate of drug-likeness (QED) is 0.844. The van der Waals surface area contributed by atoms with Gasteiger partial charge in [0.25, 0.3) is 0 Å². The van der Waals surface area contributed by atoms with Gasteiger partial charge in [-0.2, -0.15) is 0 Å². The molecular weight excluding hydrogens is 209 g/mol. The fourth-order valence-corrected chi connectivity index (χ4v) is 1.16. The van der Waals surface area contributed by atoms with Gasteiger partial charge < -0.3 is 5.73 Å². The smallest absolute Gasteiger partial charge is 0.150 e. The van der Waals surface area contributed by atoms with Crippen molar-refractivity contribution in [1.82, 2.24) is 0 Å². The monoisotopic (exact) mass is 219 g/mol. The second-order valence-electron chi connectivity index (χ2n) is 2.55. The van der Waals surface area contributed by atoms with Gasteiger partial charge >= 0.3 is 0 Å². The van der Waals surface area contributed by atoms with Crippen LogP contribution in [0.25, 0.3) is 0 Å². The Hall–Kier alpha value is -0.570. The topological polar surface area (TPSA) is 43.1 Å². The Kier molecular flexibility index (Phi) is 5.71. The van der Waals surface area contributed by atoms with Crippen molar-refractivity contribution in [3.63, 3.8) is 0 Å². The number of halogens is 2. The highest BCUT2D eigenvalue weighted by Crippen LogP contribution is 2.10. The van der Waals surface area contributed by atoms with Crippen LogP contribution in [0.2, 0.25) is 5.02 Å². The minimum absolute atomic E-state index is 0. The van der Waals surface area contributed by atoms with Crippen LogP contribution in [0.4, 0.5) is 0 Å². The molecule has 1 aromatic carbocycles. The summed E-state index contributed by atoms with van der Waals surface area (Å²) in [4.78, 5) is 10.9. The van der Waals surface area contributed by atoms with Crippen LogP contribution < -0.4 is 5.73 Å². The Labute approximate surface area is 88.5 Å². The maximum Gasteiger partial charge on any atom is 0.150 e. The normalized spacial score (nSPS) is 9.08. The molecule has 0 spiro atoms. The molecule has 0 amide bonds. The van der Waals surface area contributed by atoms with Gasteiger partial charge in [-0.05, 0) is 17.7 Å². The van der Waals surface area contributed by atoms with Gasteiger partial charge in [0.05, 0.1) is 6.54 Å². The summed E-state index contributed by atoms with van der Waals surface area (Å²) < 4.78 is 0. The van der Waals surface area contributed by atoms with Crippen LogP contribution in [0, 0.1) is 0 Å². The molecule has 1 aromatic rings. The van der Waals surface area contributed by atoms with E-state index in [4.69, 9.17) is 17.3 Å². The SMILES string of the molecule is Cl.NCC(=O)Cc1cccc(Cl)c1. The third kappa shape index (κ3) is 4.27. The Morgan fingerprint density at radius 3 is 2.69 bits per heavy atom. The largest absolute Gasteiger partial charge is 0.324 e. The number of carbonyl (C=O) groups excluding carboxylic acids is 1. The van der Waals surface area contributed by atoms with Gasteiger partial charge in [-0.3, -0.25) is 4.79 Å². The van der Waals surface area contributed by atoms with Gasteiger partial charge in [-0.1, -0.05) is 23.7 Å². The van der Waals surface area contributed by atoms with Crippen molar-refractivity contribution < 1.29 is 4.79 Å². The van der Waals surface area contributed by atoms with Crippen LogP contribution >= 0.6 is 24.0 Å². The third-order valence-electron chi connectivity index (χ3n) is 1.52. The second kappa shape index (κ2) is 5.97. The highest BCUT2D eigenvalue weighted by molar-refractivity contribution is 6.30. The van der Waals surface area contributed by atoms with Crippen molar-refractivity contribution in [2.75, 3.05) is 6.54 Å². The van der Waals surface area contributed by atoms with Crippen LogP contribution in [0.15, 0.2) is 24.3 Å². The highest BCUT2D eigenvalue weighted by atomic mass is 35.5. The lowest BCUT2D eigenvalue weighted by Crippen LogP contribution is -2.15. The summed E-state index contributed by atoms with van der Waals surface area (Å²) in [5.41, 5.74) is 6.09. The first kappa shape index (κ1) is 12.4. The van der Waals surface area contributed by atoms with E-state index in [1.54, 1.807) is 12.1 Å². The van der Waals surface area contributed by atoms with Crippen LogP contribution in [-0.2, 0) is 11.2 Å². The number of ketones is 1. The first-order chi connectivity index (χ1) is 5.72. The fourth-order valence-electron chi connectivity index (χ4n) is 0.947. The maximum atomic E-state index is 10.9. The molecule has 0 aliphatic heterocycles. The minimum Gasteiger partial charge on any atom is -0.324 e. The molecule has 0 saturated carbocycles. The van der Waals surface area contributed by atoms with E-state index in [1.807, 2.05) is 12.1 Å². The van der Waals surface area contributed by atoms with Crippen molar-refractivity contribution in [1.29, 1.82) is 0 Å². The lowest BCUT2D eigenvalue weighted by Gasteiger charge is -1.98. The van der Waals surface area contributed by atoms with Crippen LogP contribution in [-0.4, -0.2) is 12.3 Å². The molecule has 2 N–H and O–H groups in total. The maximum absolute atomic E-state index is 10.9. The molecule has 0 atom stereocenters. The summed E-state index contributed by atoms with van der Waals surface area (Å²) in [5.74, 6) is 0.0252. The lowest BCUT2D eigenvalue weighted by atomic mass is 10.1. The van der Waals surface area contributed by atoms with Crippen molar-refractivity contribution in [2.45, 2.75) is 6.42 Å². The standard InChI is InChI=1S/C9H10ClNO.ClH/c10-8-3-1-2-7(4-8)5-9(12)6-11;/h1-4H,5-6,11H2;1H. The minimum atomic E-state index is 0. The molecule has 0 heterocycles. The zero-order valence-electron chi connectivity index (χ0n) is 7.00. The van der Waals surface area contributed by atoms with E-state index in [2.05, 4.69) is 0 Å². The van der Waals surface area contributed by atoms with E-state index in [0.29, 0.717) is 11.4 Å². The van der Waals surface area contributed by atoms with E-state index in [-0.39, 0.29) is 24.7 Å². The molecule has 0 radical (unpaired) electrons. The molecule has 0 unspecified atom stereocenters. The van der Waals surface area contributed by atoms with E-state index in [0.717, 1.165) is 5.56 Å². The Balaban J connectivity index is 0.00000144. The zero-order valence-corrected chi connectivity index (χ0v) is 8.57. The average molecular weight is 220 g/mol. The predicted molar refractivity (Wildman–Crippen MR) is 56.5 cm³/mol. The first-order valence-corrected chi connectivity index (χ1v) is 4.06. The molecule has 2 nitrogen and oxygen atoms in total. The molecule has 72 valence electrons. The Morgan fingerprint density at radius 2 is 2.15 bits per heavy atom. The number of benzene rings is 1. The van der Waals surface area contributed by atoms with Gasteiger partial charge in [0.2, 0.25) is 0 Å². The second-order valence-corrected chi connectivity index (χ2v) is 2.99. The first-order valence-electron chi connectivity index (χ1n) is 3.68. The fraction of sp³-hybridized carbons (Fsp3) is 0.222. The van der Waals surface area contributed by atoms with Crippen LogP contribution in [0.5, 0.6) is 0 Å². The van der Waals surface area contributed by atoms with Crippen molar-refractivity contribution in [2.24, 2.45) is 5.73 Å². The summed E-state index contributed by atoms with van der Waals surface area (Å²) in [5, 5.41) is 0.650. The van der Waals surface area contributed by atoms with E-state index in [9.17, 15) is 4.79 Å².